The molecule has 1 N–H and O–H groups in total. The monoisotopic (exact) mass is 428 g/mol. The number of nitrogens with zero attached hydrogens (tertiary/aromatic N) is 1. The molecule has 6 nitrogen and oxygen atoms in total. The molecule has 2 aliphatic heterocycles. The van der Waals surface area contributed by atoms with Crippen LogP contribution in [0.4, 0.5) is 5.69 Å². The summed E-state index contributed by atoms with van der Waals surface area (Å²) in [7, 11) is 0. The van der Waals surface area contributed by atoms with Crippen molar-refractivity contribution in [2.24, 2.45) is 0 Å². The number of carbonyl (C=O) groups excluding carboxylic acids is 2. The maximum absolute atomic E-state index is 12.0. The molecular formula is C16H17IN2O4. The van der Waals surface area contributed by atoms with Gasteiger partial charge in [0.05, 0.1) is 0 Å². The molecule has 1 aromatic carbocycles. The van der Waals surface area contributed by atoms with E-state index in [0.717, 1.165) is 21.4 Å². The second kappa shape index (κ2) is 6.12. The molecule has 0 radical (unpaired) electrons. The van der Waals surface area contributed by atoms with E-state index in [0.29, 0.717) is 6.54 Å². The van der Waals surface area contributed by atoms with E-state index in [4.69, 9.17) is 9.47 Å². The summed E-state index contributed by atoms with van der Waals surface area (Å²) in [5.74, 6) is -1.14. The molecule has 0 amide bonds. The van der Waals surface area contributed by atoms with Crippen molar-refractivity contribution in [3.05, 3.63) is 40.0 Å². The van der Waals surface area contributed by atoms with Crippen LogP contribution in [0, 0.1) is 3.57 Å². The summed E-state index contributed by atoms with van der Waals surface area (Å²) in [6.07, 6.45) is 1.42. The lowest BCUT2D eigenvalue weighted by atomic mass is 10.0. The molecule has 3 atom stereocenters. The zero-order valence-corrected chi connectivity index (χ0v) is 14.9. The molecule has 3 rings (SSSR count). The van der Waals surface area contributed by atoms with Crippen molar-refractivity contribution in [3.8, 4) is 0 Å². The number of nitrogens with one attached hydrogen (secondary N) is 1. The summed E-state index contributed by atoms with van der Waals surface area (Å²) in [4.78, 5) is 25.7. The van der Waals surface area contributed by atoms with Crippen molar-refractivity contribution < 1.29 is 19.1 Å². The van der Waals surface area contributed by atoms with Gasteiger partial charge in [0.1, 0.15) is 0 Å². The summed E-state index contributed by atoms with van der Waals surface area (Å²) >= 11 is 2.23. The molecule has 1 aromatic rings. The first-order valence-corrected chi connectivity index (χ1v) is 8.37. The number of fused-ring (bicyclic) bond motifs is 1. The Kier molecular flexibility index (Phi) is 4.33. The fourth-order valence-corrected chi connectivity index (χ4v) is 3.19. The minimum Gasteiger partial charge on any atom is -0.437 e. The van der Waals surface area contributed by atoms with Gasteiger partial charge in [0.15, 0.2) is 0 Å². The van der Waals surface area contributed by atoms with Gasteiger partial charge >= 0.3 is 11.9 Å². The number of ether oxygens (including phenoxy) is 2. The topological polar surface area (TPSA) is 67.9 Å². The number of carbonyl (C=O) groups is 2. The molecule has 0 spiro atoms. The maximum Gasteiger partial charge on any atom is 0.333 e. The average molecular weight is 428 g/mol. The van der Waals surface area contributed by atoms with Gasteiger partial charge in [-0.05, 0) is 53.8 Å². The van der Waals surface area contributed by atoms with Gasteiger partial charge in [-0.15, -0.1) is 0 Å². The third-order valence-electron chi connectivity index (χ3n) is 3.95. The molecule has 0 bridgehead atoms. The minimum atomic E-state index is -1.13. The van der Waals surface area contributed by atoms with Gasteiger partial charge in [0.25, 0.3) is 0 Å². The predicted molar refractivity (Wildman–Crippen MR) is 92.6 cm³/mol. The molecule has 0 saturated carbocycles. The number of rotatable bonds is 1. The molecule has 2 heterocycles. The van der Waals surface area contributed by atoms with E-state index in [-0.39, 0.29) is 6.04 Å². The smallest absolute Gasteiger partial charge is 0.333 e. The first kappa shape index (κ1) is 16.3. The van der Waals surface area contributed by atoms with E-state index >= 15 is 0 Å². The number of benzene rings is 1. The van der Waals surface area contributed by atoms with Gasteiger partial charge in [-0.2, -0.15) is 0 Å². The highest BCUT2D eigenvalue weighted by molar-refractivity contribution is 14.1. The van der Waals surface area contributed by atoms with E-state index in [1.54, 1.807) is 6.92 Å². The minimum absolute atomic E-state index is 0.0576. The Labute approximate surface area is 148 Å². The van der Waals surface area contributed by atoms with Gasteiger partial charge in [-0.25, -0.2) is 9.59 Å². The Morgan fingerprint density at radius 3 is 2.57 bits per heavy atom. The number of esters is 2. The van der Waals surface area contributed by atoms with Crippen LogP contribution in [-0.4, -0.2) is 36.5 Å². The maximum atomic E-state index is 12.0. The van der Waals surface area contributed by atoms with Gasteiger partial charge in [-0.1, -0.05) is 0 Å². The van der Waals surface area contributed by atoms with Crippen molar-refractivity contribution in [1.29, 1.82) is 0 Å². The molecule has 0 aliphatic carbocycles. The van der Waals surface area contributed by atoms with Crippen LogP contribution in [-0.2, 0) is 19.1 Å². The average Bonchev–Trinajstić information content (AvgIpc) is 2.49. The SMILES string of the molecule is CC1CN(c2ccc(I)cc2)C2(C)OC(=O)/C=C/C(=O)OC2N1. The standard InChI is InChI=1S/C16H17IN2O4/c1-10-9-19(12-5-3-11(17)4-6-12)16(2)15(18-10)22-13(20)7-8-14(21)23-16/h3-8,10,15,18H,9H2,1-2H3/b8-7+. The Morgan fingerprint density at radius 2 is 1.87 bits per heavy atom. The number of piperazine rings is 1. The first-order chi connectivity index (χ1) is 10.9. The normalized spacial score (nSPS) is 32.2. The van der Waals surface area contributed by atoms with Gasteiger partial charge < -0.3 is 14.4 Å². The number of anilines is 1. The lowest BCUT2D eigenvalue weighted by molar-refractivity contribution is -0.189. The Balaban J connectivity index is 2.03. The highest BCUT2D eigenvalue weighted by atomic mass is 127. The predicted octanol–water partition coefficient (Wildman–Crippen LogP) is 1.79. The zero-order chi connectivity index (χ0) is 16.6. The molecule has 1 saturated heterocycles. The van der Waals surface area contributed by atoms with E-state index in [1.807, 2.05) is 36.1 Å². The van der Waals surface area contributed by atoms with Crippen molar-refractivity contribution in [2.45, 2.75) is 31.8 Å². The van der Waals surface area contributed by atoms with Crippen molar-refractivity contribution in [3.63, 3.8) is 0 Å². The quantitative estimate of drug-likeness (QED) is 0.544. The molecule has 2 aliphatic rings. The van der Waals surface area contributed by atoms with Crippen LogP contribution in [0.25, 0.3) is 0 Å². The van der Waals surface area contributed by atoms with Crippen molar-refractivity contribution >= 4 is 40.2 Å². The van der Waals surface area contributed by atoms with E-state index in [1.165, 1.54) is 0 Å². The fraction of sp³-hybridized carbons (Fsp3) is 0.375. The van der Waals surface area contributed by atoms with Crippen LogP contribution >= 0.6 is 22.6 Å². The fourth-order valence-electron chi connectivity index (χ4n) is 2.83. The summed E-state index contributed by atoms with van der Waals surface area (Å²) < 4.78 is 12.2. The largest absolute Gasteiger partial charge is 0.437 e. The van der Waals surface area contributed by atoms with Crippen LogP contribution in [0.15, 0.2) is 36.4 Å². The second-order valence-electron chi connectivity index (χ2n) is 5.78. The van der Waals surface area contributed by atoms with Gasteiger partial charge in [-0.3, -0.25) is 5.32 Å². The van der Waals surface area contributed by atoms with Crippen molar-refractivity contribution in [1.82, 2.24) is 5.32 Å². The summed E-state index contributed by atoms with van der Waals surface area (Å²) in [6, 6.07) is 7.95. The highest BCUT2D eigenvalue weighted by Gasteiger charge is 2.50. The lowest BCUT2D eigenvalue weighted by Crippen LogP contribution is -2.71. The third kappa shape index (κ3) is 3.20. The van der Waals surface area contributed by atoms with Gasteiger partial charge in [0.2, 0.25) is 12.0 Å². The molecule has 7 heteroatoms. The molecule has 3 unspecified atom stereocenters. The van der Waals surface area contributed by atoms with Crippen LogP contribution in [0.5, 0.6) is 0 Å². The molecule has 1 fully saturated rings. The van der Waals surface area contributed by atoms with Gasteiger partial charge in [0, 0.05) is 40.9 Å². The Hall–Kier alpha value is -1.61. The second-order valence-corrected chi connectivity index (χ2v) is 7.03. The zero-order valence-electron chi connectivity index (χ0n) is 12.8. The van der Waals surface area contributed by atoms with Crippen LogP contribution in [0.3, 0.4) is 0 Å². The molecule has 0 aromatic heterocycles. The molecule has 23 heavy (non-hydrogen) atoms. The van der Waals surface area contributed by atoms with E-state index in [9.17, 15) is 9.59 Å². The summed E-state index contributed by atoms with van der Waals surface area (Å²) in [6.45, 7) is 4.35. The Bertz CT molecular complexity index is 661. The highest BCUT2D eigenvalue weighted by Crippen LogP contribution is 2.33. The lowest BCUT2D eigenvalue weighted by Gasteiger charge is -2.51. The third-order valence-corrected chi connectivity index (χ3v) is 4.67. The van der Waals surface area contributed by atoms with Crippen LogP contribution < -0.4 is 10.2 Å². The molecular weight excluding hydrogens is 411 g/mol. The number of halogens is 1. The molecule has 122 valence electrons. The Morgan fingerprint density at radius 1 is 1.22 bits per heavy atom. The summed E-state index contributed by atoms with van der Waals surface area (Å²) in [5.41, 5.74) is -0.226. The van der Waals surface area contributed by atoms with E-state index < -0.39 is 23.9 Å². The van der Waals surface area contributed by atoms with Crippen LogP contribution in [0.2, 0.25) is 0 Å². The summed E-state index contributed by atoms with van der Waals surface area (Å²) in [5, 5.41) is 3.19. The first-order valence-electron chi connectivity index (χ1n) is 7.29. The number of hydrogen-bond donors (Lipinski definition) is 1. The van der Waals surface area contributed by atoms with Crippen LogP contribution in [0.1, 0.15) is 13.8 Å². The van der Waals surface area contributed by atoms with Crippen molar-refractivity contribution in [2.75, 3.05) is 11.4 Å². The number of hydrogen-bond acceptors (Lipinski definition) is 6. The van der Waals surface area contributed by atoms with E-state index in [2.05, 4.69) is 27.9 Å².